The van der Waals surface area contributed by atoms with Crippen molar-refractivity contribution >= 4 is 10.0 Å². The van der Waals surface area contributed by atoms with Gasteiger partial charge in [0.15, 0.2) is 0 Å². The van der Waals surface area contributed by atoms with Crippen LogP contribution in [-0.4, -0.2) is 52.3 Å². The molecule has 0 fully saturated rings. The number of fused-ring (bicyclic) bond motifs is 1. The smallest absolute Gasteiger partial charge is 0.247 e. The van der Waals surface area contributed by atoms with E-state index in [1.165, 1.54) is 24.6 Å². The molecule has 1 aromatic heterocycles. The van der Waals surface area contributed by atoms with Gasteiger partial charge in [0.25, 0.3) is 0 Å². The van der Waals surface area contributed by atoms with E-state index in [0.717, 1.165) is 5.69 Å². The summed E-state index contributed by atoms with van der Waals surface area (Å²) in [4.78, 5) is 0.0474. The van der Waals surface area contributed by atoms with E-state index in [1.807, 2.05) is 24.4 Å². The summed E-state index contributed by atoms with van der Waals surface area (Å²) in [6, 6.07) is 13.4. The largest absolute Gasteiger partial charge is 0.497 e. The first-order chi connectivity index (χ1) is 15.4. The topological polar surface area (TPSA) is 79.2 Å². The quantitative estimate of drug-likeness (QED) is 0.541. The Kier molecular flexibility index (Phi) is 6.03. The summed E-state index contributed by atoms with van der Waals surface area (Å²) in [6.07, 6.45) is 1.95. The highest BCUT2D eigenvalue weighted by Gasteiger charge is 2.40. The Balaban J connectivity index is 1.93. The van der Waals surface area contributed by atoms with E-state index in [4.69, 9.17) is 18.9 Å². The van der Waals surface area contributed by atoms with Gasteiger partial charge >= 0.3 is 0 Å². The Bertz CT molecular complexity index is 1220. The fourth-order valence-electron chi connectivity index (χ4n) is 4.10. The fraction of sp³-hybridized carbons (Fsp3) is 0.304. The zero-order valence-corrected chi connectivity index (χ0v) is 19.3. The van der Waals surface area contributed by atoms with Crippen LogP contribution in [0, 0.1) is 0 Å². The molecule has 0 amide bonds. The van der Waals surface area contributed by atoms with Crippen LogP contribution in [0.3, 0.4) is 0 Å². The molecular weight excluding hydrogens is 432 g/mol. The summed E-state index contributed by atoms with van der Waals surface area (Å²) in [6.45, 7) is 0.798. The van der Waals surface area contributed by atoms with E-state index >= 15 is 0 Å². The summed E-state index contributed by atoms with van der Waals surface area (Å²) in [7, 11) is 2.10. The molecule has 0 saturated carbocycles. The van der Waals surface area contributed by atoms with E-state index in [-0.39, 0.29) is 17.2 Å². The number of ether oxygens (including phenoxy) is 4. The number of aromatic nitrogens is 1. The second-order valence-electron chi connectivity index (χ2n) is 7.27. The van der Waals surface area contributed by atoms with Crippen molar-refractivity contribution in [1.82, 2.24) is 8.87 Å². The maximum Gasteiger partial charge on any atom is 0.247 e. The molecule has 9 heteroatoms. The molecule has 0 spiro atoms. The van der Waals surface area contributed by atoms with E-state index in [9.17, 15) is 8.42 Å². The molecule has 3 aromatic rings. The van der Waals surface area contributed by atoms with Gasteiger partial charge in [-0.1, -0.05) is 0 Å². The molecule has 1 atom stereocenters. The monoisotopic (exact) mass is 458 g/mol. The van der Waals surface area contributed by atoms with Crippen LogP contribution in [-0.2, 0) is 16.6 Å². The number of hydrogen-bond donors (Lipinski definition) is 0. The average molecular weight is 459 g/mol. The minimum absolute atomic E-state index is 0.0474. The van der Waals surface area contributed by atoms with Crippen molar-refractivity contribution in [2.75, 3.05) is 35.0 Å². The Hall–Kier alpha value is -3.17. The van der Waals surface area contributed by atoms with Gasteiger partial charge in [-0.25, -0.2) is 8.42 Å². The van der Waals surface area contributed by atoms with Crippen molar-refractivity contribution in [2.24, 2.45) is 0 Å². The zero-order valence-electron chi connectivity index (χ0n) is 18.4. The molecular formula is C23H26N2O6S. The second-order valence-corrected chi connectivity index (χ2v) is 9.13. The molecule has 1 aliphatic rings. The van der Waals surface area contributed by atoms with Gasteiger partial charge in [0.05, 0.1) is 34.5 Å². The van der Waals surface area contributed by atoms with E-state index in [2.05, 4.69) is 4.57 Å². The molecule has 2 heterocycles. The Labute approximate surface area is 187 Å². The van der Waals surface area contributed by atoms with Gasteiger partial charge in [0.1, 0.15) is 27.9 Å². The van der Waals surface area contributed by atoms with Gasteiger partial charge in [0, 0.05) is 36.6 Å². The summed E-state index contributed by atoms with van der Waals surface area (Å²) in [5, 5.41) is 0. The molecule has 0 radical (unpaired) electrons. The normalized spacial score (nSPS) is 16.3. The molecule has 0 saturated heterocycles. The first-order valence-electron chi connectivity index (χ1n) is 10.1. The Morgan fingerprint density at radius 3 is 2.12 bits per heavy atom. The molecule has 0 N–H and O–H groups in total. The third-order valence-electron chi connectivity index (χ3n) is 5.68. The van der Waals surface area contributed by atoms with Crippen molar-refractivity contribution in [2.45, 2.75) is 17.5 Å². The van der Waals surface area contributed by atoms with Crippen LogP contribution >= 0.6 is 0 Å². The second kappa shape index (κ2) is 8.76. The molecule has 1 aliphatic heterocycles. The molecule has 0 bridgehead atoms. The highest BCUT2D eigenvalue weighted by atomic mass is 32.2. The highest BCUT2D eigenvalue weighted by molar-refractivity contribution is 7.89. The summed E-state index contributed by atoms with van der Waals surface area (Å²) < 4.78 is 53.3. The molecule has 8 nitrogen and oxygen atoms in total. The maximum atomic E-state index is 14.0. The Morgan fingerprint density at radius 2 is 1.47 bits per heavy atom. The number of rotatable bonds is 7. The third-order valence-corrected chi connectivity index (χ3v) is 7.57. The van der Waals surface area contributed by atoms with Crippen molar-refractivity contribution < 1.29 is 27.4 Å². The molecule has 2 aromatic carbocycles. The fourth-order valence-corrected chi connectivity index (χ4v) is 5.84. The number of hydrogen-bond acceptors (Lipinski definition) is 6. The molecule has 32 heavy (non-hydrogen) atoms. The van der Waals surface area contributed by atoms with E-state index in [0.29, 0.717) is 29.4 Å². The zero-order chi connectivity index (χ0) is 22.9. The standard InChI is InChI=1S/C23H26N2O6S/c1-28-16-7-9-20(30-3)18(14-16)23-19-6-5-11-24(19)12-13-25(23)32(26,27)22-15-17(29-2)8-10-21(22)31-4/h5-11,14-15,23H,12-13H2,1-4H3/t23-/m1/s1. The molecule has 4 rings (SSSR count). The Morgan fingerprint density at radius 1 is 0.812 bits per heavy atom. The molecule has 0 aliphatic carbocycles. The third kappa shape index (κ3) is 3.67. The van der Waals surface area contributed by atoms with Crippen LogP contribution in [0.25, 0.3) is 0 Å². The predicted octanol–water partition coefficient (Wildman–Crippen LogP) is 3.32. The van der Waals surface area contributed by atoms with Crippen LogP contribution in [0.4, 0.5) is 0 Å². The molecule has 0 unspecified atom stereocenters. The number of methoxy groups -OCH3 is 4. The van der Waals surface area contributed by atoms with E-state index < -0.39 is 16.1 Å². The summed E-state index contributed by atoms with van der Waals surface area (Å²) in [5.74, 6) is 1.87. The number of sulfonamides is 1. The first-order valence-corrected chi connectivity index (χ1v) is 11.5. The van der Waals surface area contributed by atoms with Crippen LogP contribution in [0.15, 0.2) is 59.6 Å². The van der Waals surface area contributed by atoms with Crippen LogP contribution in [0.2, 0.25) is 0 Å². The van der Waals surface area contributed by atoms with E-state index in [1.54, 1.807) is 38.5 Å². The van der Waals surface area contributed by atoms with Crippen LogP contribution in [0.5, 0.6) is 23.0 Å². The summed E-state index contributed by atoms with van der Waals surface area (Å²) >= 11 is 0. The lowest BCUT2D eigenvalue weighted by Crippen LogP contribution is -2.42. The minimum Gasteiger partial charge on any atom is -0.497 e. The summed E-state index contributed by atoms with van der Waals surface area (Å²) in [5.41, 5.74) is 1.53. The van der Waals surface area contributed by atoms with Crippen molar-refractivity contribution in [1.29, 1.82) is 0 Å². The predicted molar refractivity (Wildman–Crippen MR) is 119 cm³/mol. The highest BCUT2D eigenvalue weighted by Crippen LogP contribution is 2.43. The maximum absolute atomic E-state index is 14.0. The lowest BCUT2D eigenvalue weighted by Gasteiger charge is -2.37. The van der Waals surface area contributed by atoms with Gasteiger partial charge in [-0.2, -0.15) is 4.31 Å². The van der Waals surface area contributed by atoms with Crippen molar-refractivity contribution in [3.63, 3.8) is 0 Å². The van der Waals surface area contributed by atoms with Crippen molar-refractivity contribution in [3.8, 4) is 23.0 Å². The lowest BCUT2D eigenvalue weighted by atomic mass is 10.0. The molecule has 170 valence electrons. The lowest BCUT2D eigenvalue weighted by molar-refractivity contribution is 0.288. The van der Waals surface area contributed by atoms with Gasteiger partial charge in [-0.05, 0) is 42.5 Å². The van der Waals surface area contributed by atoms with Gasteiger partial charge in [-0.15, -0.1) is 0 Å². The van der Waals surface area contributed by atoms with Crippen LogP contribution in [0.1, 0.15) is 17.3 Å². The van der Waals surface area contributed by atoms with Gasteiger partial charge in [0.2, 0.25) is 10.0 Å². The number of nitrogens with zero attached hydrogens (tertiary/aromatic N) is 2. The van der Waals surface area contributed by atoms with Crippen molar-refractivity contribution in [3.05, 3.63) is 66.0 Å². The SMILES string of the molecule is COc1ccc(OC)c([C@@H]2c3cccn3CCN2S(=O)(=O)c2cc(OC)ccc2OC)c1. The first kappa shape index (κ1) is 22.0. The number of benzene rings is 2. The average Bonchev–Trinajstić information content (AvgIpc) is 3.31. The van der Waals surface area contributed by atoms with Gasteiger partial charge in [-0.3, -0.25) is 0 Å². The minimum atomic E-state index is -3.98. The van der Waals surface area contributed by atoms with Crippen LogP contribution < -0.4 is 18.9 Å². The van der Waals surface area contributed by atoms with Gasteiger partial charge < -0.3 is 23.5 Å².